The van der Waals surface area contributed by atoms with Crippen molar-refractivity contribution in [1.82, 2.24) is 15.6 Å². The predicted molar refractivity (Wildman–Crippen MR) is 113 cm³/mol. The second-order valence-electron chi connectivity index (χ2n) is 6.99. The van der Waals surface area contributed by atoms with Crippen molar-refractivity contribution in [3.05, 3.63) is 45.9 Å². The van der Waals surface area contributed by atoms with E-state index < -0.39 is 0 Å². The number of thiazole rings is 1. The van der Waals surface area contributed by atoms with Gasteiger partial charge in [0.25, 0.3) is 0 Å². The highest BCUT2D eigenvalue weighted by molar-refractivity contribution is 7.09. The summed E-state index contributed by atoms with van der Waals surface area (Å²) in [5.41, 5.74) is 2.33. The Morgan fingerprint density at radius 2 is 2.11 bits per heavy atom. The normalized spacial score (nSPS) is 15.6. The number of ether oxygens (including phenoxy) is 1. The number of rotatable bonds is 7. The Kier molecular flexibility index (Phi) is 7.51. The number of aromatic nitrogens is 1. The highest BCUT2D eigenvalue weighted by Crippen LogP contribution is 2.23. The molecule has 1 saturated carbocycles. The van der Waals surface area contributed by atoms with E-state index in [1.54, 1.807) is 18.4 Å². The minimum atomic E-state index is 0.380. The summed E-state index contributed by atoms with van der Waals surface area (Å²) in [6, 6.07) is 8.37. The molecule has 0 atom stereocenters. The van der Waals surface area contributed by atoms with Crippen molar-refractivity contribution < 1.29 is 4.74 Å². The van der Waals surface area contributed by atoms with Crippen molar-refractivity contribution >= 4 is 17.3 Å². The quantitative estimate of drug-likeness (QED) is 0.556. The van der Waals surface area contributed by atoms with Gasteiger partial charge in [-0.3, -0.25) is 4.99 Å². The molecule has 0 saturated heterocycles. The van der Waals surface area contributed by atoms with Gasteiger partial charge in [-0.05, 0) is 50.3 Å². The molecule has 0 amide bonds. The minimum absolute atomic E-state index is 0.380. The number of hydrogen-bond acceptors (Lipinski definition) is 4. The summed E-state index contributed by atoms with van der Waals surface area (Å²) in [6.07, 6.45) is 7.55. The monoisotopic (exact) mass is 386 g/mol. The second-order valence-corrected chi connectivity index (χ2v) is 8.05. The number of hydrogen-bond donors (Lipinski definition) is 2. The van der Waals surface area contributed by atoms with Crippen molar-refractivity contribution in [3.8, 4) is 5.75 Å². The van der Waals surface area contributed by atoms with Crippen molar-refractivity contribution in [3.63, 3.8) is 0 Å². The maximum Gasteiger partial charge on any atom is 0.191 e. The number of nitrogens with zero attached hydrogens (tertiary/aromatic N) is 2. The summed E-state index contributed by atoms with van der Waals surface area (Å²) in [6.45, 7) is 3.57. The molecule has 0 spiro atoms. The van der Waals surface area contributed by atoms with E-state index in [1.807, 2.05) is 6.92 Å². The molecule has 0 aliphatic heterocycles. The zero-order chi connectivity index (χ0) is 18.9. The minimum Gasteiger partial charge on any atom is -0.490 e. The molecular weight excluding hydrogens is 356 g/mol. The average Bonchev–Trinajstić information content (AvgIpc) is 3.11. The lowest BCUT2D eigenvalue weighted by molar-refractivity contribution is 0.155. The number of guanidine groups is 1. The van der Waals surface area contributed by atoms with Gasteiger partial charge < -0.3 is 15.4 Å². The van der Waals surface area contributed by atoms with Crippen LogP contribution in [0, 0.1) is 6.92 Å². The van der Waals surface area contributed by atoms with E-state index in [2.05, 4.69) is 50.3 Å². The van der Waals surface area contributed by atoms with Gasteiger partial charge in [0.15, 0.2) is 5.96 Å². The Labute approximate surface area is 166 Å². The molecule has 5 nitrogen and oxygen atoms in total. The number of aryl methyl sites for hydroxylation is 1. The molecule has 2 N–H and O–H groups in total. The van der Waals surface area contributed by atoms with Crippen LogP contribution in [0.2, 0.25) is 0 Å². The van der Waals surface area contributed by atoms with Gasteiger partial charge in [-0.1, -0.05) is 18.6 Å². The SMILES string of the molecule is CN=C(NCCc1csc(C)n1)NCc1cccc(OC2CCCCC2)c1. The fourth-order valence-electron chi connectivity index (χ4n) is 3.34. The van der Waals surface area contributed by atoms with Gasteiger partial charge in [0.1, 0.15) is 5.75 Å². The zero-order valence-electron chi connectivity index (χ0n) is 16.3. The van der Waals surface area contributed by atoms with Crippen LogP contribution in [0.3, 0.4) is 0 Å². The highest BCUT2D eigenvalue weighted by atomic mass is 32.1. The summed E-state index contributed by atoms with van der Waals surface area (Å²) >= 11 is 1.69. The lowest BCUT2D eigenvalue weighted by Gasteiger charge is -2.23. The van der Waals surface area contributed by atoms with Gasteiger partial charge in [-0.2, -0.15) is 0 Å². The lowest BCUT2D eigenvalue weighted by atomic mass is 9.98. The Hall–Kier alpha value is -2.08. The first-order valence-electron chi connectivity index (χ1n) is 9.84. The van der Waals surface area contributed by atoms with Crippen LogP contribution in [-0.2, 0) is 13.0 Å². The van der Waals surface area contributed by atoms with Gasteiger partial charge in [0.05, 0.1) is 16.8 Å². The van der Waals surface area contributed by atoms with Crippen LogP contribution in [0.25, 0.3) is 0 Å². The molecule has 6 heteroatoms. The third kappa shape index (κ3) is 6.54. The Bertz CT molecular complexity index is 737. The molecule has 1 aromatic heterocycles. The van der Waals surface area contributed by atoms with Crippen molar-refractivity contribution in [2.75, 3.05) is 13.6 Å². The fourth-order valence-corrected chi connectivity index (χ4v) is 3.99. The zero-order valence-corrected chi connectivity index (χ0v) is 17.1. The van der Waals surface area contributed by atoms with Gasteiger partial charge in [0.2, 0.25) is 0 Å². The molecule has 1 aliphatic carbocycles. The number of nitrogens with one attached hydrogen (secondary N) is 2. The summed E-state index contributed by atoms with van der Waals surface area (Å²) in [5, 5.41) is 9.95. The number of benzene rings is 1. The van der Waals surface area contributed by atoms with Gasteiger partial charge in [-0.25, -0.2) is 4.98 Å². The van der Waals surface area contributed by atoms with E-state index in [0.717, 1.165) is 41.9 Å². The van der Waals surface area contributed by atoms with E-state index >= 15 is 0 Å². The van der Waals surface area contributed by atoms with Crippen molar-refractivity contribution in [2.45, 2.75) is 58.1 Å². The molecule has 1 aliphatic rings. The third-order valence-corrected chi connectivity index (χ3v) is 5.60. The maximum absolute atomic E-state index is 6.17. The molecule has 1 aromatic carbocycles. The first-order chi connectivity index (χ1) is 13.2. The molecule has 27 heavy (non-hydrogen) atoms. The van der Waals surface area contributed by atoms with Crippen LogP contribution in [-0.4, -0.2) is 30.6 Å². The van der Waals surface area contributed by atoms with Crippen LogP contribution < -0.4 is 15.4 Å². The van der Waals surface area contributed by atoms with E-state index in [-0.39, 0.29) is 0 Å². The molecule has 0 bridgehead atoms. The fraction of sp³-hybridized carbons (Fsp3) is 0.524. The maximum atomic E-state index is 6.17. The second kappa shape index (κ2) is 10.3. The van der Waals surface area contributed by atoms with Crippen LogP contribution in [0.4, 0.5) is 0 Å². The van der Waals surface area contributed by atoms with E-state index in [9.17, 15) is 0 Å². The van der Waals surface area contributed by atoms with E-state index in [1.165, 1.54) is 37.7 Å². The van der Waals surface area contributed by atoms with E-state index in [4.69, 9.17) is 4.74 Å². The van der Waals surface area contributed by atoms with Crippen molar-refractivity contribution in [1.29, 1.82) is 0 Å². The average molecular weight is 387 g/mol. The highest BCUT2D eigenvalue weighted by Gasteiger charge is 2.14. The Balaban J connectivity index is 1.44. The Morgan fingerprint density at radius 1 is 1.26 bits per heavy atom. The van der Waals surface area contributed by atoms with Crippen LogP contribution in [0.1, 0.15) is 48.4 Å². The summed E-state index contributed by atoms with van der Waals surface area (Å²) in [7, 11) is 1.80. The first-order valence-corrected chi connectivity index (χ1v) is 10.7. The molecule has 146 valence electrons. The molecule has 0 unspecified atom stereocenters. The molecule has 3 rings (SSSR count). The van der Waals surface area contributed by atoms with Crippen LogP contribution in [0.5, 0.6) is 5.75 Å². The Morgan fingerprint density at radius 3 is 2.85 bits per heavy atom. The summed E-state index contributed by atoms with van der Waals surface area (Å²) in [4.78, 5) is 8.79. The molecule has 0 radical (unpaired) electrons. The van der Waals surface area contributed by atoms with Crippen molar-refractivity contribution in [2.24, 2.45) is 4.99 Å². The molecule has 1 heterocycles. The molecule has 1 fully saturated rings. The smallest absolute Gasteiger partial charge is 0.191 e. The molecule has 2 aromatic rings. The van der Waals surface area contributed by atoms with Crippen LogP contribution >= 0.6 is 11.3 Å². The predicted octanol–water partition coefficient (Wildman–Crippen LogP) is 4.07. The topological polar surface area (TPSA) is 58.5 Å². The van der Waals surface area contributed by atoms with E-state index in [0.29, 0.717) is 6.10 Å². The molecular formula is C21H30N4OS. The lowest BCUT2D eigenvalue weighted by Crippen LogP contribution is -2.37. The van der Waals surface area contributed by atoms with Gasteiger partial charge in [-0.15, -0.1) is 11.3 Å². The largest absolute Gasteiger partial charge is 0.490 e. The summed E-state index contributed by atoms with van der Waals surface area (Å²) in [5.74, 6) is 1.78. The summed E-state index contributed by atoms with van der Waals surface area (Å²) < 4.78 is 6.17. The standard InChI is InChI=1S/C21H30N4OS/c1-16-25-18(15-27-16)11-12-23-21(22-2)24-14-17-7-6-10-20(13-17)26-19-8-4-3-5-9-19/h6-7,10,13,15,19H,3-5,8-9,11-12,14H2,1-2H3,(H2,22,23,24). The van der Waals surface area contributed by atoms with Crippen LogP contribution in [0.15, 0.2) is 34.6 Å². The first kappa shape index (κ1) is 19.7. The van der Waals surface area contributed by atoms with Gasteiger partial charge >= 0.3 is 0 Å². The third-order valence-electron chi connectivity index (χ3n) is 4.78. The number of aliphatic imine (C=N–C) groups is 1. The van der Waals surface area contributed by atoms with Gasteiger partial charge in [0, 0.05) is 31.9 Å².